The molecule has 0 fully saturated rings. The van der Waals surface area contributed by atoms with Crippen LogP contribution in [0.1, 0.15) is 45.2 Å². The lowest BCUT2D eigenvalue weighted by Gasteiger charge is -2.26. The Morgan fingerprint density at radius 2 is 1.72 bits per heavy atom. The van der Waals surface area contributed by atoms with Gasteiger partial charge in [0.2, 0.25) is 5.69 Å². The molecular formula is C34H38N3O6+. The molecule has 0 atom stereocenters. The van der Waals surface area contributed by atoms with Crippen molar-refractivity contribution in [1.82, 2.24) is 0 Å². The molecule has 43 heavy (non-hydrogen) atoms. The fourth-order valence-corrected chi connectivity index (χ4v) is 5.91. The van der Waals surface area contributed by atoms with Crippen LogP contribution >= 0.6 is 0 Å². The molecule has 0 spiro atoms. The van der Waals surface area contributed by atoms with Gasteiger partial charge in [0.15, 0.2) is 12.3 Å². The van der Waals surface area contributed by atoms with Crippen molar-refractivity contribution < 1.29 is 33.5 Å². The average Bonchev–Trinajstić information content (AvgIpc) is 3.33. The molecule has 2 aromatic carbocycles. The molecule has 224 valence electrons. The summed E-state index contributed by atoms with van der Waals surface area (Å²) in [6, 6.07) is 14.0. The van der Waals surface area contributed by atoms with Gasteiger partial charge in [-0.15, -0.1) is 0 Å². The Hall–Kier alpha value is -4.84. The Kier molecular flexibility index (Phi) is 9.10. The molecule has 0 saturated carbocycles. The highest BCUT2D eigenvalue weighted by Gasteiger charge is 2.45. The lowest BCUT2D eigenvalue weighted by atomic mass is 9.81. The third-order valence-corrected chi connectivity index (χ3v) is 8.22. The number of methoxy groups -OCH3 is 2. The summed E-state index contributed by atoms with van der Waals surface area (Å²) in [4.78, 5) is 24.4. The Labute approximate surface area is 252 Å². The van der Waals surface area contributed by atoms with Crippen LogP contribution in [0.4, 0.5) is 11.4 Å². The summed E-state index contributed by atoms with van der Waals surface area (Å²) >= 11 is 0. The van der Waals surface area contributed by atoms with Crippen molar-refractivity contribution in [2.45, 2.75) is 44.9 Å². The Balaban J connectivity index is 1.74. The third kappa shape index (κ3) is 6.05. The molecule has 0 saturated heterocycles. The molecule has 2 aliphatic heterocycles. The summed E-state index contributed by atoms with van der Waals surface area (Å²) in [5, 5.41) is 19.5. The average molecular weight is 585 g/mol. The second kappa shape index (κ2) is 12.6. The highest BCUT2D eigenvalue weighted by molar-refractivity contribution is 6.03. The van der Waals surface area contributed by atoms with Crippen molar-refractivity contribution >= 4 is 29.5 Å². The van der Waals surface area contributed by atoms with Crippen molar-refractivity contribution in [3.8, 4) is 17.6 Å². The third-order valence-electron chi connectivity index (χ3n) is 8.22. The predicted octanol–water partition coefficient (Wildman–Crippen LogP) is 5.42. The van der Waals surface area contributed by atoms with E-state index in [0.29, 0.717) is 25.1 Å². The minimum Gasteiger partial charge on any atom is -0.497 e. The molecule has 2 aromatic rings. The second-order valence-corrected chi connectivity index (χ2v) is 11.4. The van der Waals surface area contributed by atoms with Crippen LogP contribution in [0.5, 0.6) is 11.5 Å². The van der Waals surface area contributed by atoms with Crippen molar-refractivity contribution in [3.63, 3.8) is 0 Å². The summed E-state index contributed by atoms with van der Waals surface area (Å²) in [6.07, 6.45) is 7.35. The van der Waals surface area contributed by atoms with Crippen molar-refractivity contribution in [3.05, 3.63) is 83.1 Å². The van der Waals surface area contributed by atoms with Crippen LogP contribution in [0.25, 0.3) is 0 Å². The summed E-state index contributed by atoms with van der Waals surface area (Å²) in [7, 11) is 3.25. The Bertz CT molecular complexity index is 1590. The minimum absolute atomic E-state index is 0.0317. The number of hydrogen-bond donors (Lipinski definition) is 1. The molecule has 0 unspecified atom stereocenters. The van der Waals surface area contributed by atoms with Gasteiger partial charge in [0.1, 0.15) is 24.5 Å². The van der Waals surface area contributed by atoms with E-state index in [1.165, 1.54) is 0 Å². The first-order valence-electron chi connectivity index (χ1n) is 14.1. The van der Waals surface area contributed by atoms with Crippen LogP contribution in [0, 0.1) is 11.3 Å². The van der Waals surface area contributed by atoms with Gasteiger partial charge in [-0.3, -0.25) is 9.59 Å². The van der Waals surface area contributed by atoms with Crippen LogP contribution in [0.2, 0.25) is 0 Å². The molecule has 0 aromatic heterocycles. The number of aliphatic carboxylic acids is 1. The first-order chi connectivity index (χ1) is 20.5. The zero-order chi connectivity index (χ0) is 31.4. The molecule has 0 aliphatic carbocycles. The van der Waals surface area contributed by atoms with Crippen molar-refractivity contribution in [1.29, 1.82) is 5.26 Å². The normalized spacial score (nSPS) is 17.6. The molecule has 0 bridgehead atoms. The predicted molar refractivity (Wildman–Crippen MR) is 164 cm³/mol. The number of nitrogens with zero attached hydrogens (tertiary/aromatic N) is 3. The van der Waals surface area contributed by atoms with E-state index in [1.807, 2.05) is 53.1 Å². The number of carbonyl (C=O) groups excluding carboxylic acids is 1. The van der Waals surface area contributed by atoms with E-state index >= 15 is 0 Å². The number of rotatable bonds is 12. The highest BCUT2D eigenvalue weighted by atomic mass is 16.5. The fraction of sp³-hybridized carbons (Fsp3) is 0.353. The maximum atomic E-state index is 11.5. The van der Waals surface area contributed by atoms with E-state index in [0.717, 1.165) is 45.4 Å². The monoisotopic (exact) mass is 584 g/mol. The van der Waals surface area contributed by atoms with E-state index in [2.05, 4.69) is 38.7 Å². The van der Waals surface area contributed by atoms with E-state index in [4.69, 9.17) is 14.2 Å². The largest absolute Gasteiger partial charge is 0.497 e. The van der Waals surface area contributed by atoms with Crippen LogP contribution in [0.15, 0.2) is 72.0 Å². The molecule has 9 nitrogen and oxygen atoms in total. The lowest BCUT2D eigenvalue weighted by Crippen LogP contribution is -2.29. The number of carbonyl (C=O) groups is 2. The molecule has 2 heterocycles. The zero-order valence-corrected chi connectivity index (χ0v) is 25.5. The number of nitriles is 1. The van der Waals surface area contributed by atoms with Crippen molar-refractivity contribution in [2.24, 2.45) is 0 Å². The number of carboxylic acid groups (broad SMARTS) is 1. The summed E-state index contributed by atoms with van der Waals surface area (Å²) < 4.78 is 17.9. The molecule has 1 N–H and O–H groups in total. The number of carboxylic acids is 1. The van der Waals surface area contributed by atoms with Gasteiger partial charge < -0.3 is 24.2 Å². The molecule has 9 heteroatoms. The number of ether oxygens (including phenoxy) is 3. The fourth-order valence-electron chi connectivity index (χ4n) is 5.91. The quantitative estimate of drug-likeness (QED) is 0.116. The standard InChI is InChI=1S/C34H37N3O6/c1-33(2)26-19-24(41-5)9-11-28(26)36(16-15-32(39)40)30(33)13-7-23(21-35)8-14-31-34(3,4)27-20-25(42-6)10-12-29(27)37(31)17-18-43-22-38/h7-14,19-20,22H,15-18H2,1-6H3/p+1. The van der Waals surface area contributed by atoms with Gasteiger partial charge in [-0.25, -0.2) is 0 Å². The highest BCUT2D eigenvalue weighted by Crippen LogP contribution is 2.49. The zero-order valence-electron chi connectivity index (χ0n) is 25.5. The van der Waals surface area contributed by atoms with Gasteiger partial charge in [-0.2, -0.15) is 9.84 Å². The smallest absolute Gasteiger partial charge is 0.309 e. The lowest BCUT2D eigenvalue weighted by molar-refractivity contribution is -0.436. The first kappa shape index (κ1) is 31.1. The second-order valence-electron chi connectivity index (χ2n) is 11.4. The molecule has 2 aliphatic rings. The van der Waals surface area contributed by atoms with Crippen molar-refractivity contribution in [2.75, 3.05) is 38.8 Å². The number of anilines is 1. The van der Waals surface area contributed by atoms with Gasteiger partial charge in [0.05, 0.1) is 37.8 Å². The number of allylic oxidation sites excluding steroid dienone is 6. The summed E-state index contributed by atoms with van der Waals surface area (Å²) in [6.45, 7) is 9.76. The molecular weight excluding hydrogens is 546 g/mol. The van der Waals surface area contributed by atoms with Gasteiger partial charge >= 0.3 is 5.97 Å². The van der Waals surface area contributed by atoms with E-state index in [9.17, 15) is 20.0 Å². The maximum absolute atomic E-state index is 11.5. The molecule has 0 radical (unpaired) electrons. The van der Waals surface area contributed by atoms with Gasteiger partial charge in [-0.1, -0.05) is 13.8 Å². The van der Waals surface area contributed by atoms with Crippen LogP contribution < -0.4 is 14.4 Å². The van der Waals surface area contributed by atoms with Crippen LogP contribution in [-0.4, -0.2) is 61.8 Å². The molecule has 0 amide bonds. The number of benzene rings is 2. The minimum atomic E-state index is -0.881. The maximum Gasteiger partial charge on any atom is 0.309 e. The Morgan fingerprint density at radius 3 is 2.35 bits per heavy atom. The summed E-state index contributed by atoms with van der Waals surface area (Å²) in [5.74, 6) is 0.587. The summed E-state index contributed by atoms with van der Waals surface area (Å²) in [5.41, 5.74) is 5.39. The van der Waals surface area contributed by atoms with Gasteiger partial charge in [0, 0.05) is 34.5 Å². The topological polar surface area (TPSA) is 112 Å². The van der Waals surface area contributed by atoms with Gasteiger partial charge in [0.25, 0.3) is 6.47 Å². The van der Waals surface area contributed by atoms with Crippen LogP contribution in [-0.2, 0) is 25.2 Å². The SMILES string of the molecule is COc1ccc2c(c1)C(C)(C)C(=CC=C(C#N)C=CC1=[N+](CCC(=O)O)c3ccc(OC)cc3C1(C)C)N2CCOC=O. The van der Waals surface area contributed by atoms with E-state index in [-0.39, 0.29) is 13.0 Å². The van der Waals surface area contributed by atoms with E-state index in [1.54, 1.807) is 26.4 Å². The number of fused-ring (bicyclic) bond motifs is 2. The Morgan fingerprint density at radius 1 is 1.05 bits per heavy atom. The van der Waals surface area contributed by atoms with Gasteiger partial charge in [-0.05, 0) is 68.0 Å². The number of hydrogen-bond acceptors (Lipinski definition) is 7. The van der Waals surface area contributed by atoms with Crippen LogP contribution in [0.3, 0.4) is 0 Å². The first-order valence-corrected chi connectivity index (χ1v) is 14.1. The molecule has 4 rings (SSSR count). The van der Waals surface area contributed by atoms with E-state index < -0.39 is 16.8 Å².